The Bertz CT molecular complexity index is 769. The molecule has 0 fully saturated rings. The Kier molecular flexibility index (Phi) is 8.68. The van der Waals surface area contributed by atoms with E-state index in [9.17, 15) is 9.59 Å². The van der Waals surface area contributed by atoms with Crippen LogP contribution in [0.4, 0.5) is 5.69 Å². The van der Waals surface area contributed by atoms with Crippen LogP contribution in [0.5, 0.6) is 5.75 Å². The lowest BCUT2D eigenvalue weighted by Crippen LogP contribution is -2.48. The van der Waals surface area contributed by atoms with Gasteiger partial charge >= 0.3 is 0 Å². The highest BCUT2D eigenvalue weighted by Crippen LogP contribution is 2.24. The van der Waals surface area contributed by atoms with Crippen molar-refractivity contribution in [2.45, 2.75) is 24.9 Å². The number of thioether (sulfide) groups is 1. The smallest absolute Gasteiger partial charge is 0.257 e. The van der Waals surface area contributed by atoms with Gasteiger partial charge in [-0.3, -0.25) is 20.4 Å². The van der Waals surface area contributed by atoms with Crippen LogP contribution in [-0.4, -0.2) is 30.7 Å². The van der Waals surface area contributed by atoms with Crippen LogP contribution in [0.15, 0.2) is 54.6 Å². The summed E-state index contributed by atoms with van der Waals surface area (Å²) in [5, 5.41) is 2.73. The first-order chi connectivity index (χ1) is 13.5. The zero-order valence-corrected chi connectivity index (χ0v) is 17.2. The van der Waals surface area contributed by atoms with Crippen LogP contribution in [0.25, 0.3) is 0 Å². The quantitative estimate of drug-likeness (QED) is 0.562. The number of carbonyl (C=O) groups is 2. The third-order valence-corrected chi connectivity index (χ3v) is 5.63. The van der Waals surface area contributed by atoms with Crippen molar-refractivity contribution < 1.29 is 14.3 Å². The van der Waals surface area contributed by atoms with E-state index in [0.29, 0.717) is 11.4 Å². The van der Waals surface area contributed by atoms with E-state index in [1.165, 1.54) is 0 Å². The lowest BCUT2D eigenvalue weighted by atomic mass is 10.1. The monoisotopic (exact) mass is 401 g/mol. The molecule has 2 rings (SSSR count). The van der Waals surface area contributed by atoms with Crippen molar-refractivity contribution in [3.05, 3.63) is 60.2 Å². The molecule has 28 heavy (non-hydrogen) atoms. The van der Waals surface area contributed by atoms with Gasteiger partial charge in [0.2, 0.25) is 0 Å². The van der Waals surface area contributed by atoms with Gasteiger partial charge in [0.15, 0.2) is 0 Å². The number of nitrogens with one attached hydrogen (secondary N) is 3. The molecule has 6 nitrogen and oxygen atoms in total. The van der Waals surface area contributed by atoms with Crippen LogP contribution in [0.3, 0.4) is 0 Å². The largest absolute Gasteiger partial charge is 0.495 e. The first-order valence-corrected chi connectivity index (χ1v) is 10.2. The zero-order valence-electron chi connectivity index (χ0n) is 16.4. The SMILES string of the molecule is COc1ccccc1NCC(=O)NNC(=O)C(SCc1ccccc1)C(C)C. The Hall–Kier alpha value is -2.67. The number of hydrazine groups is 1. The zero-order chi connectivity index (χ0) is 20.4. The average Bonchev–Trinajstić information content (AvgIpc) is 2.71. The molecule has 0 heterocycles. The van der Waals surface area contributed by atoms with Crippen molar-refractivity contribution in [1.82, 2.24) is 10.9 Å². The summed E-state index contributed by atoms with van der Waals surface area (Å²) >= 11 is 1.56. The first-order valence-electron chi connectivity index (χ1n) is 9.12. The van der Waals surface area contributed by atoms with Crippen LogP contribution < -0.4 is 20.9 Å². The van der Waals surface area contributed by atoms with Crippen molar-refractivity contribution in [2.24, 2.45) is 5.92 Å². The van der Waals surface area contributed by atoms with Gasteiger partial charge < -0.3 is 10.1 Å². The number of para-hydroxylation sites is 2. The Morgan fingerprint density at radius 2 is 1.68 bits per heavy atom. The molecule has 2 amide bonds. The summed E-state index contributed by atoms with van der Waals surface area (Å²) in [5.74, 6) is 0.977. The fourth-order valence-electron chi connectivity index (χ4n) is 2.54. The minimum absolute atomic E-state index is 0.0180. The average molecular weight is 402 g/mol. The molecule has 150 valence electrons. The number of rotatable bonds is 9. The summed E-state index contributed by atoms with van der Waals surface area (Å²) in [5.41, 5.74) is 6.88. The molecule has 0 spiro atoms. The van der Waals surface area contributed by atoms with Gasteiger partial charge in [0.1, 0.15) is 5.75 Å². The van der Waals surface area contributed by atoms with E-state index in [-0.39, 0.29) is 29.5 Å². The summed E-state index contributed by atoms with van der Waals surface area (Å²) in [6, 6.07) is 17.3. The van der Waals surface area contributed by atoms with Crippen molar-refractivity contribution >= 4 is 29.3 Å². The molecular formula is C21H27N3O3S. The molecule has 2 aromatic carbocycles. The molecule has 0 aliphatic carbocycles. The van der Waals surface area contributed by atoms with Gasteiger partial charge in [0.05, 0.1) is 24.6 Å². The lowest BCUT2D eigenvalue weighted by molar-refractivity contribution is -0.128. The van der Waals surface area contributed by atoms with Crippen molar-refractivity contribution in [3.63, 3.8) is 0 Å². The third-order valence-electron chi connectivity index (χ3n) is 4.01. The maximum atomic E-state index is 12.5. The molecule has 0 saturated carbocycles. The van der Waals surface area contributed by atoms with Crippen LogP contribution >= 0.6 is 11.8 Å². The van der Waals surface area contributed by atoms with Gasteiger partial charge in [-0.25, -0.2) is 0 Å². The molecule has 0 aliphatic heterocycles. The minimum atomic E-state index is -0.338. The first kappa shape index (κ1) is 21.6. The third kappa shape index (κ3) is 6.81. The second-order valence-corrected chi connectivity index (χ2v) is 7.68. The summed E-state index contributed by atoms with van der Waals surface area (Å²) in [4.78, 5) is 24.6. The summed E-state index contributed by atoms with van der Waals surface area (Å²) < 4.78 is 5.23. The summed E-state index contributed by atoms with van der Waals surface area (Å²) in [6.07, 6.45) is 0. The maximum absolute atomic E-state index is 12.5. The molecule has 0 saturated heterocycles. The molecule has 3 N–H and O–H groups in total. The molecule has 0 bridgehead atoms. The van der Waals surface area contributed by atoms with Crippen LogP contribution in [0, 0.1) is 5.92 Å². The van der Waals surface area contributed by atoms with Crippen molar-refractivity contribution in [3.8, 4) is 5.75 Å². The van der Waals surface area contributed by atoms with E-state index in [0.717, 1.165) is 11.3 Å². The lowest BCUT2D eigenvalue weighted by Gasteiger charge is -2.20. The number of amides is 2. The number of hydrogen-bond acceptors (Lipinski definition) is 5. The highest BCUT2D eigenvalue weighted by Gasteiger charge is 2.23. The number of ether oxygens (including phenoxy) is 1. The topological polar surface area (TPSA) is 79.5 Å². The molecule has 2 aromatic rings. The second-order valence-electron chi connectivity index (χ2n) is 6.55. The fourth-order valence-corrected chi connectivity index (χ4v) is 3.70. The Morgan fingerprint density at radius 3 is 2.36 bits per heavy atom. The second kappa shape index (κ2) is 11.2. The van der Waals surface area contributed by atoms with Crippen molar-refractivity contribution in [2.75, 3.05) is 19.0 Å². The van der Waals surface area contributed by atoms with Gasteiger partial charge in [0.25, 0.3) is 11.8 Å². The van der Waals surface area contributed by atoms with Gasteiger partial charge in [-0.15, -0.1) is 11.8 Å². The van der Waals surface area contributed by atoms with Gasteiger partial charge in [-0.05, 0) is 23.6 Å². The van der Waals surface area contributed by atoms with E-state index < -0.39 is 0 Å². The van der Waals surface area contributed by atoms with E-state index >= 15 is 0 Å². The van der Waals surface area contributed by atoms with Gasteiger partial charge in [-0.1, -0.05) is 56.3 Å². The normalized spacial score (nSPS) is 11.6. The van der Waals surface area contributed by atoms with Crippen LogP contribution in [0.1, 0.15) is 19.4 Å². The van der Waals surface area contributed by atoms with E-state index in [4.69, 9.17) is 4.74 Å². The number of anilines is 1. The van der Waals surface area contributed by atoms with E-state index in [1.54, 1.807) is 24.9 Å². The highest BCUT2D eigenvalue weighted by atomic mass is 32.2. The fraction of sp³-hybridized carbons (Fsp3) is 0.333. The number of carbonyl (C=O) groups excluding carboxylic acids is 2. The molecule has 0 radical (unpaired) electrons. The summed E-state index contributed by atoms with van der Waals surface area (Å²) in [7, 11) is 1.57. The molecule has 0 aliphatic rings. The number of hydrogen-bond donors (Lipinski definition) is 3. The predicted octanol–water partition coefficient (Wildman–Crippen LogP) is 3.21. The molecule has 0 aromatic heterocycles. The van der Waals surface area contributed by atoms with Crippen LogP contribution in [0.2, 0.25) is 0 Å². The summed E-state index contributed by atoms with van der Waals surface area (Å²) in [6.45, 7) is 4.00. The Balaban J connectivity index is 1.80. The van der Waals surface area contributed by atoms with E-state index in [2.05, 4.69) is 16.2 Å². The maximum Gasteiger partial charge on any atom is 0.257 e. The van der Waals surface area contributed by atoms with Crippen LogP contribution in [-0.2, 0) is 15.3 Å². The van der Waals surface area contributed by atoms with Gasteiger partial charge in [0, 0.05) is 5.75 Å². The molecular weight excluding hydrogens is 374 g/mol. The van der Waals surface area contributed by atoms with Gasteiger partial charge in [-0.2, -0.15) is 0 Å². The number of benzene rings is 2. The Morgan fingerprint density at radius 1 is 1.00 bits per heavy atom. The number of methoxy groups -OCH3 is 1. The van der Waals surface area contributed by atoms with E-state index in [1.807, 2.05) is 62.4 Å². The molecule has 7 heteroatoms. The molecule has 1 atom stereocenters. The van der Waals surface area contributed by atoms with Crippen molar-refractivity contribution in [1.29, 1.82) is 0 Å². The minimum Gasteiger partial charge on any atom is -0.495 e. The Labute approximate surface area is 170 Å². The highest BCUT2D eigenvalue weighted by molar-refractivity contribution is 7.99. The standard InChI is InChI=1S/C21H27N3O3S/c1-15(2)20(28-14-16-9-5-4-6-10-16)21(26)24-23-19(25)13-22-17-11-7-8-12-18(17)27-3/h4-12,15,20,22H,13-14H2,1-3H3,(H,23,25)(H,24,26). The predicted molar refractivity (Wildman–Crippen MR) is 114 cm³/mol. The molecule has 1 unspecified atom stereocenters.